The monoisotopic (exact) mass is 314 g/mol. The molecule has 0 aliphatic heterocycles. The fraction of sp³-hybridized carbons (Fsp3) is 0.500. The van der Waals surface area contributed by atoms with Crippen molar-refractivity contribution >= 4 is 25.6 Å². The molecule has 0 radical (unpaired) electrons. The van der Waals surface area contributed by atoms with E-state index in [0.29, 0.717) is 13.0 Å². The van der Waals surface area contributed by atoms with E-state index in [2.05, 4.69) is 5.32 Å². The Balaban J connectivity index is 3.12. The second-order valence-electron chi connectivity index (χ2n) is 3.80. The van der Waals surface area contributed by atoms with Crippen LogP contribution in [0, 0.1) is 0 Å². The van der Waals surface area contributed by atoms with Gasteiger partial charge in [-0.25, -0.2) is 17.2 Å². The molecule has 0 spiro atoms. The van der Waals surface area contributed by atoms with Crippen molar-refractivity contribution in [1.82, 2.24) is 9.88 Å². The van der Waals surface area contributed by atoms with Gasteiger partial charge in [-0.3, -0.25) is 4.79 Å². The summed E-state index contributed by atoms with van der Waals surface area (Å²) in [4.78, 5) is 11.4. The van der Waals surface area contributed by atoms with Gasteiger partial charge in [0.1, 0.15) is 10.6 Å². The number of hydrogen-bond acceptors (Lipinski definition) is 3. The summed E-state index contributed by atoms with van der Waals surface area (Å²) in [5.74, 6) is -0.617. The van der Waals surface area contributed by atoms with Gasteiger partial charge in [0.2, 0.25) is 0 Å². The molecule has 108 valence electrons. The van der Waals surface area contributed by atoms with Crippen molar-refractivity contribution in [3.63, 3.8) is 0 Å². The molecule has 0 aromatic carbocycles. The maximum absolute atomic E-state index is 12.4. The number of alkyl halides is 2. The number of hydrogen-bond donors (Lipinski definition) is 1. The van der Waals surface area contributed by atoms with Gasteiger partial charge in [-0.2, -0.15) is 0 Å². The third-order valence-corrected chi connectivity index (χ3v) is 3.58. The molecule has 1 heterocycles. The SMILES string of the molecule is CCCNC(=O)c1cc(S(=O)(=O)Cl)cn1CC(F)F. The molecule has 1 amide bonds. The van der Waals surface area contributed by atoms with Crippen molar-refractivity contribution in [2.24, 2.45) is 0 Å². The Kier molecular flexibility index (Phi) is 5.30. The van der Waals surface area contributed by atoms with E-state index in [9.17, 15) is 22.0 Å². The van der Waals surface area contributed by atoms with Gasteiger partial charge in [-0.15, -0.1) is 0 Å². The van der Waals surface area contributed by atoms with Gasteiger partial charge in [-0.1, -0.05) is 6.92 Å². The number of rotatable bonds is 6. The van der Waals surface area contributed by atoms with E-state index in [1.165, 1.54) is 0 Å². The minimum Gasteiger partial charge on any atom is -0.351 e. The quantitative estimate of drug-likeness (QED) is 0.814. The van der Waals surface area contributed by atoms with Crippen LogP contribution in [0.2, 0.25) is 0 Å². The largest absolute Gasteiger partial charge is 0.351 e. The lowest BCUT2D eigenvalue weighted by atomic mass is 10.3. The van der Waals surface area contributed by atoms with Crippen LogP contribution in [0.25, 0.3) is 0 Å². The van der Waals surface area contributed by atoms with Crippen molar-refractivity contribution in [2.75, 3.05) is 6.54 Å². The maximum atomic E-state index is 12.4. The zero-order chi connectivity index (χ0) is 14.6. The summed E-state index contributed by atoms with van der Waals surface area (Å²) in [6.45, 7) is 1.41. The van der Waals surface area contributed by atoms with Crippen LogP contribution in [0.3, 0.4) is 0 Å². The summed E-state index contributed by atoms with van der Waals surface area (Å²) in [5, 5.41) is 2.48. The highest BCUT2D eigenvalue weighted by atomic mass is 35.7. The predicted molar refractivity (Wildman–Crippen MR) is 66.1 cm³/mol. The molecule has 9 heteroatoms. The fourth-order valence-electron chi connectivity index (χ4n) is 1.44. The number of halogens is 3. The molecule has 5 nitrogen and oxygen atoms in total. The van der Waals surface area contributed by atoms with Gasteiger partial charge >= 0.3 is 0 Å². The van der Waals surface area contributed by atoms with Crippen molar-refractivity contribution in [2.45, 2.75) is 31.2 Å². The predicted octanol–water partition coefficient (Wildman–Crippen LogP) is 1.82. The molecule has 1 rings (SSSR count). The Morgan fingerprint density at radius 3 is 2.63 bits per heavy atom. The normalized spacial score (nSPS) is 11.8. The first kappa shape index (κ1) is 15.9. The molecule has 1 aromatic heterocycles. The number of carbonyl (C=O) groups excluding carboxylic acids is 1. The zero-order valence-electron chi connectivity index (χ0n) is 10.1. The summed E-state index contributed by atoms with van der Waals surface area (Å²) in [5.41, 5.74) is -0.159. The van der Waals surface area contributed by atoms with E-state index in [0.717, 1.165) is 16.8 Å². The van der Waals surface area contributed by atoms with E-state index in [1.807, 2.05) is 6.92 Å². The number of aromatic nitrogens is 1. The van der Waals surface area contributed by atoms with Crippen molar-refractivity contribution in [3.8, 4) is 0 Å². The molecule has 0 aliphatic carbocycles. The van der Waals surface area contributed by atoms with Crippen LogP contribution in [0.4, 0.5) is 8.78 Å². The lowest BCUT2D eigenvalue weighted by Crippen LogP contribution is -2.27. The molecule has 0 unspecified atom stereocenters. The minimum absolute atomic E-state index is 0.159. The molecule has 0 saturated heterocycles. The number of amides is 1. The van der Waals surface area contributed by atoms with Gasteiger partial charge in [0.15, 0.2) is 0 Å². The van der Waals surface area contributed by atoms with Crippen LogP contribution in [0.15, 0.2) is 17.2 Å². The van der Waals surface area contributed by atoms with Gasteiger partial charge in [0, 0.05) is 23.4 Å². The summed E-state index contributed by atoms with van der Waals surface area (Å²) in [7, 11) is 1.06. The van der Waals surface area contributed by atoms with Crippen LogP contribution in [0.5, 0.6) is 0 Å². The molecular weight excluding hydrogens is 302 g/mol. The van der Waals surface area contributed by atoms with Crippen molar-refractivity contribution in [1.29, 1.82) is 0 Å². The smallest absolute Gasteiger partial charge is 0.267 e. The first-order valence-corrected chi connectivity index (χ1v) is 7.77. The minimum atomic E-state index is -4.07. The lowest BCUT2D eigenvalue weighted by Gasteiger charge is -2.08. The average molecular weight is 315 g/mol. The fourth-order valence-corrected chi connectivity index (χ4v) is 2.19. The third-order valence-electron chi connectivity index (χ3n) is 2.26. The van der Waals surface area contributed by atoms with E-state index < -0.39 is 27.9 Å². The molecule has 0 bridgehead atoms. The Morgan fingerprint density at radius 2 is 2.16 bits per heavy atom. The molecule has 0 atom stereocenters. The zero-order valence-corrected chi connectivity index (χ0v) is 11.6. The molecule has 19 heavy (non-hydrogen) atoms. The Hall–Kier alpha value is -1.15. The van der Waals surface area contributed by atoms with E-state index >= 15 is 0 Å². The van der Waals surface area contributed by atoms with Crippen molar-refractivity contribution < 1.29 is 22.0 Å². The maximum Gasteiger partial charge on any atom is 0.267 e. The summed E-state index contributed by atoms with van der Waals surface area (Å²) >= 11 is 0. The first-order valence-electron chi connectivity index (χ1n) is 5.47. The van der Waals surface area contributed by atoms with E-state index in [-0.39, 0.29) is 10.6 Å². The molecule has 1 aromatic rings. The number of carbonyl (C=O) groups is 1. The van der Waals surface area contributed by atoms with Crippen molar-refractivity contribution in [3.05, 3.63) is 18.0 Å². The van der Waals surface area contributed by atoms with Gasteiger partial charge in [0.25, 0.3) is 21.4 Å². The van der Waals surface area contributed by atoms with Crippen LogP contribution in [-0.2, 0) is 15.6 Å². The second kappa shape index (κ2) is 6.33. The highest BCUT2D eigenvalue weighted by Crippen LogP contribution is 2.19. The van der Waals surface area contributed by atoms with Gasteiger partial charge in [0.05, 0.1) is 6.54 Å². The Bertz CT molecular complexity index is 557. The highest BCUT2D eigenvalue weighted by molar-refractivity contribution is 8.13. The van der Waals surface area contributed by atoms with Gasteiger partial charge < -0.3 is 9.88 Å². The highest BCUT2D eigenvalue weighted by Gasteiger charge is 2.21. The Morgan fingerprint density at radius 1 is 1.53 bits per heavy atom. The Labute approximate surface area is 114 Å². The van der Waals surface area contributed by atoms with E-state index in [4.69, 9.17) is 10.7 Å². The summed E-state index contributed by atoms with van der Waals surface area (Å²) in [6, 6.07) is 0.982. The van der Waals surface area contributed by atoms with E-state index in [1.54, 1.807) is 0 Å². The standard InChI is InChI=1S/C10H13ClF2N2O3S/c1-2-3-14-10(16)8-4-7(19(11,17)18)5-15(8)6-9(12)13/h4-5,9H,2-3,6H2,1H3,(H,14,16). The molecule has 0 saturated carbocycles. The lowest BCUT2D eigenvalue weighted by molar-refractivity contribution is 0.0930. The average Bonchev–Trinajstić information content (AvgIpc) is 2.68. The first-order chi connectivity index (χ1) is 8.75. The third kappa shape index (κ3) is 4.46. The number of nitrogens with zero attached hydrogens (tertiary/aromatic N) is 1. The van der Waals surface area contributed by atoms with Crippen LogP contribution < -0.4 is 5.32 Å². The van der Waals surface area contributed by atoms with Gasteiger partial charge in [-0.05, 0) is 12.5 Å². The van der Waals surface area contributed by atoms with Crippen LogP contribution in [-0.4, -0.2) is 31.9 Å². The summed E-state index contributed by atoms with van der Waals surface area (Å²) in [6.07, 6.45) is -1.12. The molecule has 1 N–H and O–H groups in total. The molecule has 0 aliphatic rings. The second-order valence-corrected chi connectivity index (χ2v) is 6.36. The molecule has 0 fully saturated rings. The van der Waals surface area contributed by atoms with Crippen LogP contribution >= 0.6 is 10.7 Å². The topological polar surface area (TPSA) is 68.2 Å². The van der Waals surface area contributed by atoms with Crippen LogP contribution in [0.1, 0.15) is 23.8 Å². The summed E-state index contributed by atoms with van der Waals surface area (Å²) < 4.78 is 48.0. The molecular formula is C10H13ClF2N2O3S. The number of nitrogens with one attached hydrogen (secondary N) is 1.